The molecule has 0 aliphatic rings. The second kappa shape index (κ2) is 5.58. The van der Waals surface area contributed by atoms with Crippen LogP contribution in [0.5, 0.6) is 5.75 Å². The number of aromatic nitrogens is 3. The quantitative estimate of drug-likeness (QED) is 0.800. The van der Waals surface area contributed by atoms with Gasteiger partial charge in [-0.3, -0.25) is 9.78 Å². The summed E-state index contributed by atoms with van der Waals surface area (Å²) in [5.74, 6) is 0.772. The van der Waals surface area contributed by atoms with Gasteiger partial charge in [0.1, 0.15) is 5.75 Å². The molecule has 0 aliphatic carbocycles. The summed E-state index contributed by atoms with van der Waals surface area (Å²) in [4.78, 5) is 15.6. The molecule has 3 aromatic rings. The highest BCUT2D eigenvalue weighted by molar-refractivity contribution is 5.80. The molecule has 1 N–H and O–H groups in total. The Morgan fingerprint density at radius 3 is 2.38 bits per heavy atom. The third-order valence-electron chi connectivity index (χ3n) is 3.16. The number of nitrogens with zero attached hydrogens (tertiary/aromatic N) is 2. The SMILES string of the molecule is COc1ccc(-c2n[nH]c(=O)cc2-c2ccncc2)cc1. The molecule has 104 valence electrons. The fourth-order valence-corrected chi connectivity index (χ4v) is 2.12. The van der Waals surface area contributed by atoms with E-state index in [-0.39, 0.29) is 5.56 Å². The van der Waals surface area contributed by atoms with E-state index in [1.165, 1.54) is 0 Å². The molecular weight excluding hydrogens is 266 g/mol. The Bertz CT molecular complexity index is 796. The molecule has 5 heteroatoms. The van der Waals surface area contributed by atoms with Crippen molar-refractivity contribution >= 4 is 0 Å². The standard InChI is InChI=1S/C16H13N3O2/c1-21-13-4-2-12(3-5-13)16-14(10-15(20)18-19-16)11-6-8-17-9-7-11/h2-10H,1H3,(H,18,20). The predicted molar refractivity (Wildman–Crippen MR) is 80.1 cm³/mol. The number of ether oxygens (including phenoxy) is 1. The smallest absolute Gasteiger partial charge is 0.264 e. The van der Waals surface area contributed by atoms with Gasteiger partial charge in [-0.15, -0.1) is 0 Å². The summed E-state index contributed by atoms with van der Waals surface area (Å²) in [5, 5.41) is 6.67. The van der Waals surface area contributed by atoms with Gasteiger partial charge in [-0.1, -0.05) is 0 Å². The summed E-state index contributed by atoms with van der Waals surface area (Å²) in [5.41, 5.74) is 3.04. The van der Waals surface area contributed by atoms with Crippen LogP contribution in [-0.2, 0) is 0 Å². The molecular formula is C16H13N3O2. The van der Waals surface area contributed by atoms with E-state index in [1.54, 1.807) is 25.6 Å². The minimum absolute atomic E-state index is 0.237. The molecule has 0 fully saturated rings. The first kappa shape index (κ1) is 13.1. The zero-order valence-corrected chi connectivity index (χ0v) is 11.4. The third kappa shape index (κ3) is 2.67. The molecule has 2 heterocycles. The summed E-state index contributed by atoms with van der Waals surface area (Å²) in [6, 6.07) is 12.8. The van der Waals surface area contributed by atoms with E-state index in [1.807, 2.05) is 36.4 Å². The van der Waals surface area contributed by atoms with Crippen molar-refractivity contribution in [3.8, 4) is 28.1 Å². The summed E-state index contributed by atoms with van der Waals surface area (Å²) in [6.07, 6.45) is 3.38. The fourth-order valence-electron chi connectivity index (χ4n) is 2.12. The van der Waals surface area contributed by atoms with Gasteiger partial charge in [0.15, 0.2) is 0 Å². The minimum Gasteiger partial charge on any atom is -0.497 e. The second-order valence-corrected chi connectivity index (χ2v) is 4.46. The van der Waals surface area contributed by atoms with E-state index in [0.29, 0.717) is 5.69 Å². The van der Waals surface area contributed by atoms with Crippen molar-refractivity contribution in [3.63, 3.8) is 0 Å². The van der Waals surface area contributed by atoms with Crippen LogP contribution in [0.4, 0.5) is 0 Å². The lowest BCUT2D eigenvalue weighted by Gasteiger charge is -2.08. The number of rotatable bonds is 3. The molecule has 3 rings (SSSR count). The topological polar surface area (TPSA) is 67.9 Å². The summed E-state index contributed by atoms with van der Waals surface area (Å²) >= 11 is 0. The largest absolute Gasteiger partial charge is 0.497 e. The highest BCUT2D eigenvalue weighted by atomic mass is 16.5. The number of benzene rings is 1. The van der Waals surface area contributed by atoms with Crippen molar-refractivity contribution in [3.05, 3.63) is 65.2 Å². The highest BCUT2D eigenvalue weighted by Crippen LogP contribution is 2.29. The zero-order chi connectivity index (χ0) is 14.7. The van der Waals surface area contributed by atoms with Gasteiger partial charge in [-0.25, -0.2) is 5.10 Å². The molecule has 0 atom stereocenters. The van der Waals surface area contributed by atoms with Gasteiger partial charge >= 0.3 is 0 Å². The highest BCUT2D eigenvalue weighted by Gasteiger charge is 2.10. The van der Waals surface area contributed by atoms with Crippen molar-refractivity contribution < 1.29 is 4.74 Å². The Kier molecular flexibility index (Phi) is 3.47. The first-order valence-electron chi connectivity index (χ1n) is 6.42. The molecule has 2 aromatic heterocycles. The lowest BCUT2D eigenvalue weighted by atomic mass is 10.0. The van der Waals surface area contributed by atoms with Crippen LogP contribution in [0.15, 0.2) is 59.7 Å². The Labute approximate surface area is 121 Å². The second-order valence-electron chi connectivity index (χ2n) is 4.46. The van der Waals surface area contributed by atoms with E-state index in [0.717, 1.165) is 22.4 Å². The van der Waals surface area contributed by atoms with E-state index < -0.39 is 0 Å². The summed E-state index contributed by atoms with van der Waals surface area (Å²) < 4.78 is 5.15. The van der Waals surface area contributed by atoms with Crippen molar-refractivity contribution in [2.75, 3.05) is 7.11 Å². The van der Waals surface area contributed by atoms with Gasteiger partial charge in [-0.2, -0.15) is 5.10 Å². The Morgan fingerprint density at radius 2 is 1.71 bits per heavy atom. The Balaban J connectivity index is 2.16. The number of pyridine rings is 1. The van der Waals surface area contributed by atoms with Crippen LogP contribution >= 0.6 is 0 Å². The minimum atomic E-state index is -0.237. The molecule has 0 amide bonds. The molecule has 0 aliphatic heterocycles. The first-order valence-corrected chi connectivity index (χ1v) is 6.42. The van der Waals surface area contributed by atoms with Crippen molar-refractivity contribution in [1.29, 1.82) is 0 Å². The lowest BCUT2D eigenvalue weighted by Crippen LogP contribution is -2.08. The lowest BCUT2D eigenvalue weighted by molar-refractivity contribution is 0.415. The Hall–Kier alpha value is -2.95. The van der Waals surface area contributed by atoms with Gasteiger partial charge in [0.2, 0.25) is 0 Å². The van der Waals surface area contributed by atoms with Crippen molar-refractivity contribution in [2.45, 2.75) is 0 Å². The van der Waals surface area contributed by atoms with Gasteiger partial charge in [0.05, 0.1) is 12.8 Å². The van der Waals surface area contributed by atoms with Crippen LogP contribution in [0.25, 0.3) is 22.4 Å². The molecule has 0 saturated carbocycles. The van der Waals surface area contributed by atoms with Crippen molar-refractivity contribution in [2.24, 2.45) is 0 Å². The van der Waals surface area contributed by atoms with Crippen LogP contribution in [0.3, 0.4) is 0 Å². The number of nitrogens with one attached hydrogen (secondary N) is 1. The van der Waals surface area contributed by atoms with Crippen molar-refractivity contribution in [1.82, 2.24) is 15.2 Å². The number of H-pyrrole nitrogens is 1. The first-order chi connectivity index (χ1) is 10.3. The van der Waals surface area contributed by atoms with Gasteiger partial charge < -0.3 is 4.74 Å². The average molecular weight is 279 g/mol. The molecule has 0 saturated heterocycles. The molecule has 1 aromatic carbocycles. The number of methoxy groups -OCH3 is 1. The summed E-state index contributed by atoms with van der Waals surface area (Å²) in [7, 11) is 1.62. The number of hydrogen-bond donors (Lipinski definition) is 1. The van der Waals surface area contributed by atoms with Crippen LogP contribution in [0.1, 0.15) is 0 Å². The molecule has 0 spiro atoms. The van der Waals surface area contributed by atoms with Gasteiger partial charge in [-0.05, 0) is 42.0 Å². The zero-order valence-electron chi connectivity index (χ0n) is 11.4. The number of hydrogen-bond acceptors (Lipinski definition) is 4. The Morgan fingerprint density at radius 1 is 1.00 bits per heavy atom. The molecule has 0 bridgehead atoms. The monoisotopic (exact) mass is 279 g/mol. The van der Waals surface area contributed by atoms with Crippen LogP contribution in [0, 0.1) is 0 Å². The van der Waals surface area contributed by atoms with Crippen LogP contribution in [-0.4, -0.2) is 22.3 Å². The fraction of sp³-hybridized carbons (Fsp3) is 0.0625. The molecule has 21 heavy (non-hydrogen) atoms. The average Bonchev–Trinajstić information content (AvgIpc) is 2.56. The third-order valence-corrected chi connectivity index (χ3v) is 3.16. The predicted octanol–water partition coefficient (Wildman–Crippen LogP) is 2.51. The van der Waals surface area contributed by atoms with E-state index in [2.05, 4.69) is 15.2 Å². The molecule has 0 unspecified atom stereocenters. The molecule has 0 radical (unpaired) electrons. The van der Waals surface area contributed by atoms with Gasteiger partial charge in [0.25, 0.3) is 5.56 Å². The van der Waals surface area contributed by atoms with Crippen LogP contribution in [0.2, 0.25) is 0 Å². The van der Waals surface area contributed by atoms with Gasteiger partial charge in [0, 0.05) is 29.6 Å². The summed E-state index contributed by atoms with van der Waals surface area (Å²) in [6.45, 7) is 0. The van der Waals surface area contributed by atoms with E-state index in [4.69, 9.17) is 4.74 Å². The number of aromatic amines is 1. The molecule has 5 nitrogen and oxygen atoms in total. The van der Waals surface area contributed by atoms with E-state index in [9.17, 15) is 4.79 Å². The maximum Gasteiger partial charge on any atom is 0.264 e. The van der Waals surface area contributed by atoms with Crippen LogP contribution < -0.4 is 10.3 Å². The normalized spacial score (nSPS) is 10.3. The maximum absolute atomic E-state index is 11.6. The van der Waals surface area contributed by atoms with E-state index >= 15 is 0 Å². The maximum atomic E-state index is 11.6.